The zero-order valence-electron chi connectivity index (χ0n) is 12.0. The van der Waals surface area contributed by atoms with Crippen LogP contribution in [-0.4, -0.2) is 23.8 Å². The van der Waals surface area contributed by atoms with Crippen LogP contribution in [0.3, 0.4) is 0 Å². The lowest BCUT2D eigenvalue weighted by Gasteiger charge is -2.24. The Hall–Kier alpha value is -1.52. The number of thioether (sulfide) groups is 1. The predicted molar refractivity (Wildman–Crippen MR) is 95.4 cm³/mol. The van der Waals surface area contributed by atoms with Crippen molar-refractivity contribution in [3.05, 3.63) is 59.7 Å². The third-order valence-corrected chi connectivity index (χ3v) is 5.29. The first-order valence-electron chi connectivity index (χ1n) is 6.99. The Bertz CT molecular complexity index is 644. The van der Waals surface area contributed by atoms with E-state index >= 15 is 0 Å². The van der Waals surface area contributed by atoms with Gasteiger partial charge in [-0.25, -0.2) is 0 Å². The molecule has 0 radical (unpaired) electrons. The Kier molecular flexibility index (Phi) is 4.17. The number of anilines is 1. The maximum Gasteiger partial charge on any atom is 0.106 e. The normalized spacial score (nSPS) is 16.5. The molecule has 1 aliphatic rings. The van der Waals surface area contributed by atoms with Gasteiger partial charge in [0.25, 0.3) is 0 Å². The Balaban J connectivity index is 1.74. The molecule has 1 aliphatic heterocycles. The second-order valence-corrected chi connectivity index (χ2v) is 7.10. The highest BCUT2D eigenvalue weighted by Gasteiger charge is 2.23. The van der Waals surface area contributed by atoms with Crippen molar-refractivity contribution < 1.29 is 0 Å². The van der Waals surface area contributed by atoms with Crippen LogP contribution in [0.2, 0.25) is 0 Å². The first-order valence-corrected chi connectivity index (χ1v) is 8.28. The summed E-state index contributed by atoms with van der Waals surface area (Å²) in [6, 6.07) is 16.8. The highest BCUT2D eigenvalue weighted by atomic mass is 32.2. The van der Waals surface area contributed by atoms with Crippen LogP contribution in [-0.2, 0) is 6.42 Å². The monoisotopic (exact) mass is 314 g/mol. The standard InChI is InChI=1S/C17H18N2S2/c1-19(15-8-4-3-7-14(15)17(18)20)11-13-10-12-6-2-5-9-16(12)21-13/h2-9,13H,10-11H2,1H3,(H2,18,20). The largest absolute Gasteiger partial charge is 0.389 e. The number of nitrogens with zero attached hydrogens (tertiary/aromatic N) is 1. The Morgan fingerprint density at radius 2 is 1.95 bits per heavy atom. The van der Waals surface area contributed by atoms with Gasteiger partial charge in [-0.15, -0.1) is 11.8 Å². The molecule has 0 saturated heterocycles. The molecule has 2 aromatic rings. The summed E-state index contributed by atoms with van der Waals surface area (Å²) in [4.78, 5) is 4.14. The van der Waals surface area contributed by atoms with E-state index < -0.39 is 0 Å². The number of fused-ring (bicyclic) bond motifs is 1. The second-order valence-electron chi connectivity index (χ2n) is 5.31. The van der Waals surface area contributed by atoms with Gasteiger partial charge in [-0.05, 0) is 30.2 Å². The molecule has 0 aliphatic carbocycles. The molecule has 2 nitrogen and oxygen atoms in total. The number of para-hydroxylation sites is 1. The number of nitrogens with two attached hydrogens (primary N) is 1. The molecule has 0 bridgehead atoms. The fourth-order valence-electron chi connectivity index (χ4n) is 2.77. The van der Waals surface area contributed by atoms with Gasteiger partial charge in [0.05, 0.1) is 0 Å². The number of rotatable bonds is 4. The summed E-state index contributed by atoms with van der Waals surface area (Å²) in [5.74, 6) is 0. The minimum absolute atomic E-state index is 0.458. The van der Waals surface area contributed by atoms with E-state index in [9.17, 15) is 0 Å². The first kappa shape index (κ1) is 14.4. The van der Waals surface area contributed by atoms with Gasteiger partial charge in [-0.3, -0.25) is 0 Å². The number of hydrogen-bond donors (Lipinski definition) is 1. The number of thiocarbonyl (C=S) groups is 1. The Morgan fingerprint density at radius 3 is 2.71 bits per heavy atom. The van der Waals surface area contributed by atoms with Crippen LogP contribution >= 0.6 is 24.0 Å². The lowest BCUT2D eigenvalue weighted by Crippen LogP contribution is -2.29. The van der Waals surface area contributed by atoms with E-state index in [1.54, 1.807) is 0 Å². The maximum atomic E-state index is 5.83. The van der Waals surface area contributed by atoms with Gasteiger partial charge < -0.3 is 10.6 Å². The lowest BCUT2D eigenvalue weighted by molar-refractivity contribution is 0.814. The van der Waals surface area contributed by atoms with E-state index in [2.05, 4.69) is 42.3 Å². The summed E-state index contributed by atoms with van der Waals surface area (Å²) < 4.78 is 0. The van der Waals surface area contributed by atoms with Crippen LogP contribution < -0.4 is 10.6 Å². The van der Waals surface area contributed by atoms with E-state index in [1.165, 1.54) is 10.5 Å². The quantitative estimate of drug-likeness (QED) is 0.875. The second kappa shape index (κ2) is 6.08. The zero-order valence-corrected chi connectivity index (χ0v) is 13.6. The molecule has 3 rings (SSSR count). The molecule has 0 saturated carbocycles. The Morgan fingerprint density at radius 1 is 1.24 bits per heavy atom. The van der Waals surface area contributed by atoms with E-state index in [1.807, 2.05) is 30.0 Å². The van der Waals surface area contributed by atoms with E-state index in [0.29, 0.717) is 10.2 Å². The molecule has 0 aromatic heterocycles. The predicted octanol–water partition coefficient (Wildman–Crippen LogP) is 3.47. The van der Waals surface area contributed by atoms with Crippen molar-refractivity contribution in [3.8, 4) is 0 Å². The molecule has 2 aromatic carbocycles. The zero-order chi connectivity index (χ0) is 14.8. The van der Waals surface area contributed by atoms with Crippen molar-refractivity contribution in [1.29, 1.82) is 0 Å². The van der Waals surface area contributed by atoms with Gasteiger partial charge in [0.2, 0.25) is 0 Å². The van der Waals surface area contributed by atoms with Gasteiger partial charge in [0.1, 0.15) is 4.99 Å². The molecular formula is C17H18N2S2. The van der Waals surface area contributed by atoms with E-state index in [0.717, 1.165) is 24.2 Å². The van der Waals surface area contributed by atoms with Crippen molar-refractivity contribution in [2.45, 2.75) is 16.6 Å². The van der Waals surface area contributed by atoms with E-state index in [-0.39, 0.29) is 0 Å². The number of hydrogen-bond acceptors (Lipinski definition) is 3. The molecule has 108 valence electrons. The van der Waals surface area contributed by atoms with Crippen LogP contribution in [0.1, 0.15) is 11.1 Å². The first-order chi connectivity index (χ1) is 10.1. The summed E-state index contributed by atoms with van der Waals surface area (Å²) in [7, 11) is 2.11. The fraction of sp³-hybridized carbons (Fsp3) is 0.235. The molecule has 1 unspecified atom stereocenters. The van der Waals surface area contributed by atoms with Crippen LogP contribution in [0.4, 0.5) is 5.69 Å². The Labute approximate surface area is 135 Å². The smallest absolute Gasteiger partial charge is 0.106 e. The fourth-order valence-corrected chi connectivity index (χ4v) is 4.33. The molecule has 0 amide bonds. The molecule has 21 heavy (non-hydrogen) atoms. The van der Waals surface area contributed by atoms with Crippen molar-refractivity contribution in [2.75, 3.05) is 18.5 Å². The summed E-state index contributed by atoms with van der Waals surface area (Å²) in [6.45, 7) is 0.985. The summed E-state index contributed by atoms with van der Waals surface area (Å²) in [5, 5.41) is 0.576. The summed E-state index contributed by atoms with van der Waals surface area (Å²) >= 11 is 7.12. The summed E-state index contributed by atoms with van der Waals surface area (Å²) in [6.07, 6.45) is 1.13. The van der Waals surface area contributed by atoms with Crippen LogP contribution in [0.15, 0.2) is 53.4 Å². The topological polar surface area (TPSA) is 29.3 Å². The average Bonchev–Trinajstić information content (AvgIpc) is 2.89. The molecule has 0 fully saturated rings. The molecule has 4 heteroatoms. The van der Waals surface area contributed by atoms with Crippen molar-refractivity contribution in [2.24, 2.45) is 5.73 Å². The van der Waals surface area contributed by atoms with Gasteiger partial charge in [0.15, 0.2) is 0 Å². The molecule has 0 spiro atoms. The summed E-state index contributed by atoms with van der Waals surface area (Å²) in [5.41, 5.74) is 9.36. The molecule has 1 heterocycles. The van der Waals surface area contributed by atoms with Crippen LogP contribution in [0, 0.1) is 0 Å². The van der Waals surface area contributed by atoms with Crippen molar-refractivity contribution in [3.63, 3.8) is 0 Å². The molecule has 2 N–H and O–H groups in total. The minimum atomic E-state index is 0.458. The average molecular weight is 314 g/mol. The highest BCUT2D eigenvalue weighted by molar-refractivity contribution is 8.00. The van der Waals surface area contributed by atoms with Gasteiger partial charge in [0, 0.05) is 35.0 Å². The van der Waals surface area contributed by atoms with Crippen LogP contribution in [0.25, 0.3) is 0 Å². The van der Waals surface area contributed by atoms with Gasteiger partial charge in [-0.2, -0.15) is 0 Å². The van der Waals surface area contributed by atoms with Gasteiger partial charge >= 0.3 is 0 Å². The third kappa shape index (κ3) is 3.06. The molecule has 1 atom stereocenters. The SMILES string of the molecule is CN(CC1Cc2ccccc2S1)c1ccccc1C(N)=S. The third-order valence-electron chi connectivity index (χ3n) is 3.77. The van der Waals surface area contributed by atoms with Crippen LogP contribution in [0.5, 0.6) is 0 Å². The number of benzene rings is 2. The lowest BCUT2D eigenvalue weighted by atomic mass is 10.1. The van der Waals surface area contributed by atoms with E-state index in [4.69, 9.17) is 18.0 Å². The molecular weight excluding hydrogens is 296 g/mol. The van der Waals surface area contributed by atoms with Crippen molar-refractivity contribution in [1.82, 2.24) is 0 Å². The highest BCUT2D eigenvalue weighted by Crippen LogP contribution is 2.37. The van der Waals surface area contributed by atoms with Gasteiger partial charge in [-0.1, -0.05) is 42.5 Å². The maximum absolute atomic E-state index is 5.83. The minimum Gasteiger partial charge on any atom is -0.389 e. The van der Waals surface area contributed by atoms with Crippen molar-refractivity contribution >= 4 is 34.7 Å².